The second-order valence-corrected chi connectivity index (χ2v) is 11.7. The number of hydrogen-bond acceptors (Lipinski definition) is 5. The smallest absolute Gasteiger partial charge is 0.239 e. The number of H-pyrrole nitrogens is 1. The summed E-state index contributed by atoms with van der Waals surface area (Å²) >= 11 is 0. The largest absolute Gasteiger partial charge is 0.497 e. The number of hydrogen-bond donors (Lipinski definition) is 3. The molecule has 1 amide bonds. The van der Waals surface area contributed by atoms with E-state index >= 15 is 0 Å². The minimum Gasteiger partial charge on any atom is -0.497 e. The van der Waals surface area contributed by atoms with Crippen LogP contribution in [0.5, 0.6) is 5.75 Å². The second kappa shape index (κ2) is 10.8. The van der Waals surface area contributed by atoms with Crippen LogP contribution in [0.25, 0.3) is 10.9 Å². The molecule has 1 aromatic heterocycles. The number of anilines is 2. The lowest BCUT2D eigenvalue weighted by Gasteiger charge is -2.38. The van der Waals surface area contributed by atoms with Gasteiger partial charge in [0.15, 0.2) is 5.78 Å². The first-order valence-electron chi connectivity index (χ1n) is 14.2. The first-order chi connectivity index (χ1) is 19.8. The third-order valence-corrected chi connectivity index (χ3v) is 8.14. The fourth-order valence-corrected chi connectivity index (χ4v) is 6.25. The molecule has 0 saturated carbocycles. The molecule has 1 aliphatic carbocycles. The molecule has 0 spiro atoms. The molecule has 3 aromatic carbocycles. The highest BCUT2D eigenvalue weighted by atomic mass is 16.5. The average Bonchev–Trinajstić information content (AvgIpc) is 3.31. The average molecular weight is 549 g/mol. The summed E-state index contributed by atoms with van der Waals surface area (Å²) < 4.78 is 5.41. The molecule has 7 heteroatoms. The van der Waals surface area contributed by atoms with E-state index in [4.69, 9.17) is 4.74 Å². The number of nitrogens with zero attached hydrogens (tertiary/aromatic N) is 1. The van der Waals surface area contributed by atoms with Gasteiger partial charge < -0.3 is 25.3 Å². The third kappa shape index (κ3) is 5.32. The van der Waals surface area contributed by atoms with Gasteiger partial charge in [0.2, 0.25) is 5.91 Å². The number of methoxy groups -OCH3 is 1. The van der Waals surface area contributed by atoms with Gasteiger partial charge in [0.1, 0.15) is 5.75 Å². The number of carbonyl (C=O) groups excluding carboxylic acids is 2. The van der Waals surface area contributed by atoms with Crippen LogP contribution in [0, 0.1) is 5.41 Å². The van der Waals surface area contributed by atoms with Crippen molar-refractivity contribution in [3.05, 3.63) is 101 Å². The summed E-state index contributed by atoms with van der Waals surface area (Å²) in [6, 6.07) is 23.6. The minimum atomic E-state index is -0.421. The quantitative estimate of drug-likeness (QED) is 0.258. The van der Waals surface area contributed by atoms with Crippen LogP contribution in [0.3, 0.4) is 0 Å². The Hall–Kier alpha value is -4.52. The molecule has 6 rings (SSSR count). The number of benzene rings is 3. The zero-order valence-electron chi connectivity index (χ0n) is 23.8. The monoisotopic (exact) mass is 548 g/mol. The first-order valence-corrected chi connectivity index (χ1v) is 14.2. The molecule has 1 aliphatic heterocycles. The highest BCUT2D eigenvalue weighted by molar-refractivity contribution is 6.02. The van der Waals surface area contributed by atoms with Crippen LogP contribution in [0.1, 0.15) is 43.9 Å². The van der Waals surface area contributed by atoms with Crippen molar-refractivity contribution in [1.82, 2.24) is 10.3 Å². The summed E-state index contributed by atoms with van der Waals surface area (Å²) in [5, 5.41) is 7.92. The third-order valence-electron chi connectivity index (χ3n) is 8.14. The van der Waals surface area contributed by atoms with Gasteiger partial charge in [-0.05, 0) is 59.7 Å². The van der Waals surface area contributed by atoms with E-state index in [0.29, 0.717) is 13.0 Å². The van der Waals surface area contributed by atoms with Gasteiger partial charge in [-0.15, -0.1) is 0 Å². The molecule has 7 nitrogen and oxygen atoms in total. The standard InChI is InChI=1S/C34H36N4O3/c1-34(2)18-28-32(30(39)19-34)33(22-12-14-24(41-3)15-13-22)38(29-11-7-6-10-27(29)37-28)21-31(40)35-17-16-23-20-36-26-9-5-4-8-25(23)26/h4-15,20,33,36-37H,16-19,21H2,1-3H3,(H,35,40). The SMILES string of the molecule is COc1ccc(C2C3=C(CC(C)(C)CC3=O)Nc3ccccc3N2CC(=O)NCCc2c[nH]c3ccccc23)cc1. The van der Waals surface area contributed by atoms with Gasteiger partial charge in [0, 0.05) is 41.3 Å². The number of amides is 1. The summed E-state index contributed by atoms with van der Waals surface area (Å²) in [5.74, 6) is 0.765. The molecule has 3 N–H and O–H groups in total. The van der Waals surface area contributed by atoms with Gasteiger partial charge in [-0.3, -0.25) is 9.59 Å². The van der Waals surface area contributed by atoms with E-state index in [9.17, 15) is 9.59 Å². The molecule has 210 valence electrons. The van der Waals surface area contributed by atoms with E-state index in [1.165, 1.54) is 10.9 Å². The van der Waals surface area contributed by atoms with Crippen molar-refractivity contribution in [3.8, 4) is 5.75 Å². The molecule has 0 bridgehead atoms. The Bertz CT molecular complexity index is 1630. The van der Waals surface area contributed by atoms with Crippen molar-refractivity contribution in [2.75, 3.05) is 30.4 Å². The Kier molecular flexibility index (Phi) is 7.03. The van der Waals surface area contributed by atoms with Crippen molar-refractivity contribution in [3.63, 3.8) is 0 Å². The number of fused-ring (bicyclic) bond motifs is 2. The van der Waals surface area contributed by atoms with Crippen LogP contribution in [0.15, 0.2) is 90.3 Å². The Morgan fingerprint density at radius 2 is 1.78 bits per heavy atom. The van der Waals surface area contributed by atoms with Gasteiger partial charge >= 0.3 is 0 Å². The number of aromatic amines is 1. The van der Waals surface area contributed by atoms with Crippen LogP contribution in [-0.2, 0) is 16.0 Å². The fraction of sp³-hybridized carbons (Fsp3) is 0.294. The Balaban J connectivity index is 1.33. The summed E-state index contributed by atoms with van der Waals surface area (Å²) in [7, 11) is 1.64. The van der Waals surface area contributed by atoms with Crippen LogP contribution in [0.4, 0.5) is 11.4 Å². The number of nitrogens with one attached hydrogen (secondary N) is 3. The van der Waals surface area contributed by atoms with Crippen LogP contribution in [-0.4, -0.2) is 36.9 Å². The number of ether oxygens (including phenoxy) is 1. The Morgan fingerprint density at radius 1 is 1.02 bits per heavy atom. The number of carbonyl (C=O) groups is 2. The molecule has 41 heavy (non-hydrogen) atoms. The van der Waals surface area contributed by atoms with E-state index < -0.39 is 6.04 Å². The van der Waals surface area contributed by atoms with Gasteiger partial charge in [-0.1, -0.05) is 56.3 Å². The molecule has 0 fully saturated rings. The highest BCUT2D eigenvalue weighted by Gasteiger charge is 2.41. The molecule has 1 atom stereocenters. The van der Waals surface area contributed by atoms with E-state index in [1.807, 2.05) is 66.9 Å². The van der Waals surface area contributed by atoms with Crippen molar-refractivity contribution in [2.24, 2.45) is 5.41 Å². The molecule has 2 heterocycles. The number of allylic oxidation sites excluding steroid dienone is 1. The van der Waals surface area contributed by atoms with Gasteiger partial charge in [-0.2, -0.15) is 0 Å². The number of ketones is 1. The zero-order valence-corrected chi connectivity index (χ0v) is 23.8. The number of aromatic nitrogens is 1. The fourth-order valence-electron chi connectivity index (χ4n) is 6.25. The maximum Gasteiger partial charge on any atom is 0.239 e. The van der Waals surface area contributed by atoms with Gasteiger partial charge in [0.25, 0.3) is 0 Å². The normalized spacial score (nSPS) is 17.9. The van der Waals surface area contributed by atoms with Crippen LogP contribution >= 0.6 is 0 Å². The van der Waals surface area contributed by atoms with Gasteiger partial charge in [0.05, 0.1) is 31.1 Å². The first kappa shape index (κ1) is 26.7. The van der Waals surface area contributed by atoms with E-state index in [0.717, 1.165) is 52.3 Å². The van der Waals surface area contributed by atoms with Crippen molar-refractivity contribution in [2.45, 2.75) is 39.2 Å². The number of Topliss-reactive ketones (excluding diaryl/α,β-unsaturated/α-hetero) is 1. The minimum absolute atomic E-state index is 0.0919. The highest BCUT2D eigenvalue weighted by Crippen LogP contribution is 2.48. The van der Waals surface area contributed by atoms with Crippen LogP contribution in [0.2, 0.25) is 0 Å². The lowest BCUT2D eigenvalue weighted by molar-refractivity contribution is -0.120. The zero-order chi connectivity index (χ0) is 28.6. The molecule has 4 aromatic rings. The topological polar surface area (TPSA) is 86.5 Å². The lowest BCUT2D eigenvalue weighted by atomic mass is 9.73. The number of rotatable bonds is 7. The maximum atomic E-state index is 13.8. The van der Waals surface area contributed by atoms with Gasteiger partial charge in [-0.25, -0.2) is 0 Å². The van der Waals surface area contributed by atoms with Crippen molar-refractivity contribution in [1.29, 1.82) is 0 Å². The number of para-hydroxylation sites is 3. The molecule has 1 unspecified atom stereocenters. The second-order valence-electron chi connectivity index (χ2n) is 11.7. The molecule has 2 aliphatic rings. The van der Waals surface area contributed by atoms with E-state index in [1.54, 1.807) is 7.11 Å². The summed E-state index contributed by atoms with van der Waals surface area (Å²) in [6.07, 6.45) is 3.94. The predicted octanol–water partition coefficient (Wildman–Crippen LogP) is 6.15. The molecular formula is C34H36N4O3. The van der Waals surface area contributed by atoms with Crippen molar-refractivity contribution < 1.29 is 14.3 Å². The van der Waals surface area contributed by atoms with Crippen LogP contribution < -0.4 is 20.3 Å². The van der Waals surface area contributed by atoms with E-state index in [-0.39, 0.29) is 23.7 Å². The molecule has 0 radical (unpaired) electrons. The molecular weight excluding hydrogens is 512 g/mol. The lowest BCUT2D eigenvalue weighted by Crippen LogP contribution is -2.42. The summed E-state index contributed by atoms with van der Waals surface area (Å²) in [6.45, 7) is 4.89. The molecule has 0 saturated heterocycles. The Morgan fingerprint density at radius 3 is 2.59 bits per heavy atom. The maximum absolute atomic E-state index is 13.8. The summed E-state index contributed by atoms with van der Waals surface area (Å²) in [4.78, 5) is 32.8. The Labute approximate surface area is 240 Å². The predicted molar refractivity (Wildman–Crippen MR) is 163 cm³/mol. The van der Waals surface area contributed by atoms with Crippen molar-refractivity contribution >= 4 is 34.0 Å². The summed E-state index contributed by atoms with van der Waals surface area (Å²) in [5.41, 5.74) is 6.50. The van der Waals surface area contributed by atoms with E-state index in [2.05, 4.69) is 46.5 Å².